The van der Waals surface area contributed by atoms with Gasteiger partial charge >= 0.3 is 0 Å². The van der Waals surface area contributed by atoms with Crippen molar-refractivity contribution in [1.82, 2.24) is 5.32 Å². The van der Waals surface area contributed by atoms with Crippen LogP contribution < -0.4 is 11.1 Å². The number of ether oxygens (including phenoxy) is 1. The van der Waals surface area contributed by atoms with Crippen molar-refractivity contribution in [3.63, 3.8) is 0 Å². The highest BCUT2D eigenvalue weighted by atomic mass is 16.5. The van der Waals surface area contributed by atoms with E-state index in [4.69, 9.17) is 10.5 Å². The fraction of sp³-hybridized carbons (Fsp3) is 0.929. The fourth-order valence-corrected chi connectivity index (χ4v) is 2.64. The van der Waals surface area contributed by atoms with Gasteiger partial charge in [0.05, 0.1) is 5.92 Å². The van der Waals surface area contributed by atoms with Crippen LogP contribution in [0, 0.1) is 11.8 Å². The summed E-state index contributed by atoms with van der Waals surface area (Å²) >= 11 is 0. The third-order valence-corrected chi connectivity index (χ3v) is 3.96. The SMILES string of the molecule is COCCCCCNC(=O)C1CCCC(C)C1N. The zero-order valence-corrected chi connectivity index (χ0v) is 11.8. The predicted molar refractivity (Wildman–Crippen MR) is 73.2 cm³/mol. The predicted octanol–water partition coefficient (Wildman–Crippen LogP) is 1.68. The highest BCUT2D eigenvalue weighted by molar-refractivity contribution is 5.79. The molecule has 3 unspecified atom stereocenters. The van der Waals surface area contributed by atoms with Crippen LogP contribution in [0.1, 0.15) is 45.4 Å². The number of amides is 1. The number of carbonyl (C=O) groups is 1. The lowest BCUT2D eigenvalue weighted by atomic mass is 9.78. The molecule has 0 aromatic carbocycles. The van der Waals surface area contributed by atoms with Crippen LogP contribution in [0.25, 0.3) is 0 Å². The first-order chi connectivity index (χ1) is 8.66. The Bertz CT molecular complexity index is 246. The first-order valence-corrected chi connectivity index (χ1v) is 7.19. The third-order valence-electron chi connectivity index (χ3n) is 3.96. The smallest absolute Gasteiger partial charge is 0.224 e. The molecule has 0 heterocycles. The molecule has 1 rings (SSSR count). The lowest BCUT2D eigenvalue weighted by Crippen LogP contribution is -2.47. The van der Waals surface area contributed by atoms with E-state index in [0.29, 0.717) is 5.92 Å². The topological polar surface area (TPSA) is 64.3 Å². The molecule has 18 heavy (non-hydrogen) atoms. The van der Waals surface area contributed by atoms with E-state index in [2.05, 4.69) is 12.2 Å². The Morgan fingerprint density at radius 2 is 2.11 bits per heavy atom. The zero-order chi connectivity index (χ0) is 13.4. The summed E-state index contributed by atoms with van der Waals surface area (Å²) in [6.45, 7) is 3.72. The van der Waals surface area contributed by atoms with Gasteiger partial charge in [-0.25, -0.2) is 0 Å². The van der Waals surface area contributed by atoms with Crippen LogP contribution in [0.5, 0.6) is 0 Å². The summed E-state index contributed by atoms with van der Waals surface area (Å²) < 4.78 is 4.99. The van der Waals surface area contributed by atoms with E-state index >= 15 is 0 Å². The van der Waals surface area contributed by atoms with E-state index in [-0.39, 0.29) is 17.9 Å². The summed E-state index contributed by atoms with van der Waals surface area (Å²) in [5.41, 5.74) is 6.12. The van der Waals surface area contributed by atoms with Gasteiger partial charge in [-0.15, -0.1) is 0 Å². The molecule has 4 nitrogen and oxygen atoms in total. The van der Waals surface area contributed by atoms with Crippen molar-refractivity contribution in [2.45, 2.75) is 51.5 Å². The summed E-state index contributed by atoms with van der Waals surface area (Å²) in [6.07, 6.45) is 6.41. The number of carbonyl (C=O) groups excluding carboxylic acids is 1. The molecule has 1 fully saturated rings. The first kappa shape index (κ1) is 15.4. The molecule has 4 heteroatoms. The lowest BCUT2D eigenvalue weighted by molar-refractivity contribution is -0.127. The maximum absolute atomic E-state index is 12.0. The molecule has 1 amide bonds. The Labute approximate surface area is 111 Å². The number of nitrogens with two attached hydrogens (primary N) is 1. The van der Waals surface area contributed by atoms with Crippen LogP contribution in [-0.2, 0) is 9.53 Å². The normalized spacial score (nSPS) is 28.1. The van der Waals surface area contributed by atoms with Gasteiger partial charge in [0, 0.05) is 26.3 Å². The average Bonchev–Trinajstić information content (AvgIpc) is 2.36. The van der Waals surface area contributed by atoms with Gasteiger partial charge in [0.25, 0.3) is 0 Å². The Kier molecular flexibility index (Phi) is 7.28. The molecule has 3 atom stereocenters. The highest BCUT2D eigenvalue weighted by Crippen LogP contribution is 2.27. The maximum atomic E-state index is 12.0. The van der Waals surface area contributed by atoms with E-state index in [1.807, 2.05) is 0 Å². The lowest BCUT2D eigenvalue weighted by Gasteiger charge is -2.32. The van der Waals surface area contributed by atoms with Gasteiger partial charge in [-0.2, -0.15) is 0 Å². The van der Waals surface area contributed by atoms with Gasteiger partial charge in [-0.3, -0.25) is 4.79 Å². The summed E-state index contributed by atoms with van der Waals surface area (Å²) in [5.74, 6) is 0.643. The van der Waals surface area contributed by atoms with E-state index in [1.165, 1.54) is 0 Å². The number of nitrogens with one attached hydrogen (secondary N) is 1. The van der Waals surface area contributed by atoms with E-state index < -0.39 is 0 Å². The van der Waals surface area contributed by atoms with Gasteiger partial charge < -0.3 is 15.8 Å². The van der Waals surface area contributed by atoms with Crippen LogP contribution in [0.3, 0.4) is 0 Å². The van der Waals surface area contributed by atoms with Crippen molar-refractivity contribution in [2.75, 3.05) is 20.3 Å². The second kappa shape index (κ2) is 8.48. The molecule has 0 radical (unpaired) electrons. The van der Waals surface area contributed by atoms with Crippen LogP contribution in [0.2, 0.25) is 0 Å². The highest BCUT2D eigenvalue weighted by Gasteiger charge is 2.32. The second-order valence-electron chi connectivity index (χ2n) is 5.44. The average molecular weight is 256 g/mol. The van der Waals surface area contributed by atoms with Crippen LogP contribution in [0.4, 0.5) is 0 Å². The summed E-state index contributed by atoms with van der Waals surface area (Å²) in [7, 11) is 1.72. The molecular formula is C14H28N2O2. The molecule has 0 saturated heterocycles. The number of hydrogen-bond acceptors (Lipinski definition) is 3. The Balaban J connectivity index is 2.15. The van der Waals surface area contributed by atoms with E-state index in [0.717, 1.165) is 51.7 Å². The van der Waals surface area contributed by atoms with Crippen molar-refractivity contribution in [2.24, 2.45) is 17.6 Å². The minimum Gasteiger partial charge on any atom is -0.385 e. The molecule has 0 bridgehead atoms. The quantitative estimate of drug-likeness (QED) is 0.681. The number of hydrogen-bond donors (Lipinski definition) is 2. The molecule has 1 saturated carbocycles. The molecule has 1 aliphatic rings. The molecule has 0 aromatic heterocycles. The summed E-state index contributed by atoms with van der Waals surface area (Å²) in [5, 5.41) is 3.02. The second-order valence-corrected chi connectivity index (χ2v) is 5.44. The van der Waals surface area contributed by atoms with Crippen molar-refractivity contribution in [3.8, 4) is 0 Å². The monoisotopic (exact) mass is 256 g/mol. The summed E-state index contributed by atoms with van der Waals surface area (Å²) in [4.78, 5) is 12.0. The number of methoxy groups -OCH3 is 1. The number of unbranched alkanes of at least 4 members (excludes halogenated alkanes) is 2. The molecule has 1 aliphatic carbocycles. The largest absolute Gasteiger partial charge is 0.385 e. The van der Waals surface area contributed by atoms with Gasteiger partial charge in [0.2, 0.25) is 5.91 Å². The minimum atomic E-state index is 0.0210. The van der Waals surface area contributed by atoms with Gasteiger partial charge in [-0.05, 0) is 38.0 Å². The summed E-state index contributed by atoms with van der Waals surface area (Å²) in [6, 6.07) is 0.0345. The van der Waals surface area contributed by atoms with Gasteiger partial charge in [0.15, 0.2) is 0 Å². The molecule has 0 aromatic rings. The van der Waals surface area contributed by atoms with Crippen molar-refractivity contribution in [1.29, 1.82) is 0 Å². The van der Waals surface area contributed by atoms with Crippen molar-refractivity contribution in [3.05, 3.63) is 0 Å². The molecule has 0 spiro atoms. The third kappa shape index (κ3) is 4.94. The Morgan fingerprint density at radius 1 is 1.33 bits per heavy atom. The van der Waals surface area contributed by atoms with E-state index in [1.54, 1.807) is 7.11 Å². The van der Waals surface area contributed by atoms with Crippen LogP contribution in [0.15, 0.2) is 0 Å². The van der Waals surface area contributed by atoms with Crippen LogP contribution >= 0.6 is 0 Å². The Hall–Kier alpha value is -0.610. The first-order valence-electron chi connectivity index (χ1n) is 7.19. The zero-order valence-electron chi connectivity index (χ0n) is 11.8. The van der Waals surface area contributed by atoms with Crippen molar-refractivity contribution < 1.29 is 9.53 Å². The standard InChI is InChI=1S/C14H28N2O2/c1-11-7-6-8-12(13(11)15)14(17)16-9-4-3-5-10-18-2/h11-13H,3-10,15H2,1-2H3,(H,16,17). The van der Waals surface area contributed by atoms with Crippen molar-refractivity contribution >= 4 is 5.91 Å². The Morgan fingerprint density at radius 3 is 2.83 bits per heavy atom. The van der Waals surface area contributed by atoms with E-state index in [9.17, 15) is 4.79 Å². The molecule has 106 valence electrons. The minimum absolute atomic E-state index is 0.0210. The van der Waals surface area contributed by atoms with Gasteiger partial charge in [-0.1, -0.05) is 13.3 Å². The molecule has 3 N–H and O–H groups in total. The van der Waals surface area contributed by atoms with Gasteiger partial charge in [0.1, 0.15) is 0 Å². The van der Waals surface area contributed by atoms with Crippen LogP contribution in [-0.4, -0.2) is 32.2 Å². The molecule has 0 aliphatic heterocycles. The fourth-order valence-electron chi connectivity index (χ4n) is 2.64. The molecular weight excluding hydrogens is 228 g/mol. The number of rotatable bonds is 7. The maximum Gasteiger partial charge on any atom is 0.224 e.